The quantitative estimate of drug-likeness (QED) is 0.454. The number of imidazole rings is 1. The van der Waals surface area contributed by atoms with Crippen molar-refractivity contribution in [1.82, 2.24) is 19.9 Å². The van der Waals surface area contributed by atoms with E-state index in [1.54, 1.807) is 37.0 Å². The average Bonchev–Trinajstić information content (AvgIpc) is 3.48. The number of hydrogen-bond donors (Lipinski definition) is 1. The fourth-order valence-electron chi connectivity index (χ4n) is 3.20. The van der Waals surface area contributed by atoms with Gasteiger partial charge in [-0.2, -0.15) is 0 Å². The molecule has 1 N–H and O–H groups in total. The topological polar surface area (TPSA) is 78.3 Å². The highest BCUT2D eigenvalue weighted by Crippen LogP contribution is 2.29. The van der Waals surface area contributed by atoms with Crippen molar-refractivity contribution in [2.24, 2.45) is 7.05 Å². The summed E-state index contributed by atoms with van der Waals surface area (Å²) in [7, 11) is 3.45. The maximum atomic E-state index is 13.1. The van der Waals surface area contributed by atoms with E-state index in [0.29, 0.717) is 23.7 Å². The highest BCUT2D eigenvalue weighted by atomic mass is 32.1. The highest BCUT2D eigenvalue weighted by molar-refractivity contribution is 7.07. The third kappa shape index (κ3) is 4.75. The van der Waals surface area contributed by atoms with Crippen LogP contribution in [0, 0.1) is 0 Å². The molecule has 158 valence electrons. The molecule has 2 aromatic heterocycles. The summed E-state index contributed by atoms with van der Waals surface area (Å²) in [5.41, 5.74) is 4.01. The lowest BCUT2D eigenvalue weighted by molar-refractivity contribution is 0.0940. The molecule has 0 fully saturated rings. The minimum atomic E-state index is -0.389. The molecule has 0 aliphatic rings. The Balaban J connectivity index is 1.55. The summed E-state index contributed by atoms with van der Waals surface area (Å²) in [6.07, 6.45) is 3.57. The number of benzene rings is 2. The molecule has 0 bridgehead atoms. The normalized spacial score (nSPS) is 11.7. The van der Waals surface area contributed by atoms with E-state index < -0.39 is 0 Å². The Bertz CT molecular complexity index is 1140. The van der Waals surface area contributed by atoms with Crippen molar-refractivity contribution in [3.63, 3.8) is 0 Å². The lowest BCUT2D eigenvalue weighted by Crippen LogP contribution is -2.31. The number of nitrogens with one attached hydrogen (secondary N) is 1. The van der Waals surface area contributed by atoms with Gasteiger partial charge in [0.15, 0.2) is 11.5 Å². The van der Waals surface area contributed by atoms with Gasteiger partial charge in [0.25, 0.3) is 5.91 Å². The van der Waals surface area contributed by atoms with Gasteiger partial charge in [-0.15, -0.1) is 11.3 Å². The van der Waals surface area contributed by atoms with Gasteiger partial charge in [0.2, 0.25) is 0 Å². The minimum Gasteiger partial charge on any atom is -0.493 e. The largest absolute Gasteiger partial charge is 0.493 e. The maximum Gasteiger partial charge on any atom is 0.252 e. The molecule has 1 unspecified atom stereocenters. The summed E-state index contributed by atoms with van der Waals surface area (Å²) in [6, 6.07) is 14.5. The van der Waals surface area contributed by atoms with E-state index >= 15 is 0 Å². The van der Waals surface area contributed by atoms with Gasteiger partial charge in [-0.25, -0.2) is 9.97 Å². The number of carbonyl (C=O) groups excluding carboxylic acids is 1. The molecule has 8 heteroatoms. The molecule has 0 aliphatic heterocycles. The smallest absolute Gasteiger partial charge is 0.252 e. The SMILES string of the molecule is COc1cc(C(=O)NC(c2ccccc2)c2nccn2C)ccc1OCc1cscn1. The molecule has 0 radical (unpaired) electrons. The molecule has 0 saturated carbocycles. The molecule has 0 saturated heterocycles. The molecule has 4 rings (SSSR count). The van der Waals surface area contributed by atoms with Gasteiger partial charge in [-0.3, -0.25) is 4.79 Å². The standard InChI is InChI=1S/C23H22N4O3S/c1-27-11-10-24-22(27)21(16-6-4-3-5-7-16)26-23(28)17-8-9-19(20(12-17)29-2)30-13-18-14-31-15-25-18/h3-12,14-15,21H,13H2,1-2H3,(H,26,28). The maximum absolute atomic E-state index is 13.1. The van der Waals surface area contributed by atoms with E-state index in [4.69, 9.17) is 9.47 Å². The Morgan fingerprint density at radius 1 is 1.16 bits per heavy atom. The number of ether oxygens (including phenoxy) is 2. The summed E-state index contributed by atoms with van der Waals surface area (Å²) in [5, 5.41) is 5.02. The van der Waals surface area contributed by atoms with E-state index in [-0.39, 0.29) is 11.9 Å². The number of hydrogen-bond acceptors (Lipinski definition) is 6. The van der Waals surface area contributed by atoms with Gasteiger partial charge in [0.05, 0.1) is 18.3 Å². The predicted molar refractivity (Wildman–Crippen MR) is 118 cm³/mol. The van der Waals surface area contributed by atoms with Gasteiger partial charge in [-0.1, -0.05) is 30.3 Å². The van der Waals surface area contributed by atoms with Crippen molar-refractivity contribution >= 4 is 17.2 Å². The van der Waals surface area contributed by atoms with Crippen molar-refractivity contribution in [2.75, 3.05) is 7.11 Å². The van der Waals surface area contributed by atoms with E-state index in [1.807, 2.05) is 53.5 Å². The van der Waals surface area contributed by atoms with Crippen molar-refractivity contribution in [2.45, 2.75) is 12.6 Å². The molecule has 2 heterocycles. The van der Waals surface area contributed by atoms with E-state index in [1.165, 1.54) is 11.3 Å². The zero-order valence-corrected chi connectivity index (χ0v) is 18.0. The number of methoxy groups -OCH3 is 1. The first-order valence-electron chi connectivity index (χ1n) is 9.66. The van der Waals surface area contributed by atoms with Gasteiger partial charge >= 0.3 is 0 Å². The second kappa shape index (κ2) is 9.44. The third-order valence-corrected chi connectivity index (χ3v) is 5.45. The number of aromatic nitrogens is 3. The predicted octanol–water partition coefficient (Wildman–Crippen LogP) is 3.98. The molecule has 0 spiro atoms. The Morgan fingerprint density at radius 3 is 2.68 bits per heavy atom. The fourth-order valence-corrected chi connectivity index (χ4v) is 3.74. The second-order valence-corrected chi connectivity index (χ2v) is 7.57. The van der Waals surface area contributed by atoms with E-state index in [0.717, 1.165) is 17.1 Å². The molecule has 0 aliphatic carbocycles. The van der Waals surface area contributed by atoms with Gasteiger partial charge in [0, 0.05) is 30.4 Å². The fraction of sp³-hybridized carbons (Fsp3) is 0.174. The van der Waals surface area contributed by atoms with Crippen LogP contribution >= 0.6 is 11.3 Å². The van der Waals surface area contributed by atoms with Crippen molar-refractivity contribution in [1.29, 1.82) is 0 Å². The van der Waals surface area contributed by atoms with Crippen LogP contribution in [-0.4, -0.2) is 27.6 Å². The second-order valence-electron chi connectivity index (χ2n) is 6.85. The van der Waals surface area contributed by atoms with Crippen molar-refractivity contribution in [3.05, 3.63) is 94.5 Å². The number of rotatable bonds is 8. The van der Waals surface area contributed by atoms with Crippen LogP contribution in [0.4, 0.5) is 0 Å². The number of carbonyl (C=O) groups is 1. The molecule has 1 amide bonds. The Hall–Kier alpha value is -3.65. The number of nitrogens with zero attached hydrogens (tertiary/aromatic N) is 3. The summed E-state index contributed by atoms with van der Waals surface area (Å²) in [6.45, 7) is 0.334. The average molecular weight is 435 g/mol. The van der Waals surface area contributed by atoms with Crippen LogP contribution in [0.2, 0.25) is 0 Å². The zero-order valence-electron chi connectivity index (χ0n) is 17.2. The molecule has 2 aromatic carbocycles. The first kappa shape index (κ1) is 20.6. The summed E-state index contributed by atoms with van der Waals surface area (Å²) >= 11 is 1.51. The third-order valence-electron chi connectivity index (χ3n) is 4.81. The lowest BCUT2D eigenvalue weighted by Gasteiger charge is -2.19. The molecular formula is C23H22N4O3S. The van der Waals surface area contributed by atoms with E-state index in [2.05, 4.69) is 15.3 Å². The van der Waals surface area contributed by atoms with Crippen LogP contribution in [0.25, 0.3) is 0 Å². The van der Waals surface area contributed by atoms with Crippen molar-refractivity contribution < 1.29 is 14.3 Å². The summed E-state index contributed by atoms with van der Waals surface area (Å²) < 4.78 is 13.2. The zero-order chi connectivity index (χ0) is 21.6. The molecular weight excluding hydrogens is 412 g/mol. The first-order chi connectivity index (χ1) is 15.2. The number of thiazole rings is 1. The minimum absolute atomic E-state index is 0.235. The van der Waals surface area contributed by atoms with Crippen LogP contribution in [0.1, 0.15) is 33.5 Å². The lowest BCUT2D eigenvalue weighted by atomic mass is 10.1. The summed E-state index contributed by atoms with van der Waals surface area (Å²) in [4.78, 5) is 21.7. The number of amides is 1. The highest BCUT2D eigenvalue weighted by Gasteiger charge is 2.22. The van der Waals surface area contributed by atoms with Crippen LogP contribution in [0.15, 0.2) is 71.8 Å². The van der Waals surface area contributed by atoms with E-state index in [9.17, 15) is 4.79 Å². The van der Waals surface area contributed by atoms with Crippen LogP contribution in [0.5, 0.6) is 11.5 Å². The van der Waals surface area contributed by atoms with Crippen LogP contribution in [0.3, 0.4) is 0 Å². The van der Waals surface area contributed by atoms with Crippen LogP contribution < -0.4 is 14.8 Å². The molecule has 4 aromatic rings. The Labute approximate surface area is 184 Å². The molecule has 1 atom stereocenters. The Kier molecular flexibility index (Phi) is 6.28. The first-order valence-corrected chi connectivity index (χ1v) is 10.6. The van der Waals surface area contributed by atoms with Gasteiger partial charge in [-0.05, 0) is 23.8 Å². The van der Waals surface area contributed by atoms with Gasteiger partial charge in [0.1, 0.15) is 18.5 Å². The Morgan fingerprint density at radius 2 is 2.00 bits per heavy atom. The van der Waals surface area contributed by atoms with Crippen LogP contribution in [-0.2, 0) is 13.7 Å². The molecule has 31 heavy (non-hydrogen) atoms. The molecule has 7 nitrogen and oxygen atoms in total. The summed E-state index contributed by atoms with van der Waals surface area (Å²) in [5.74, 6) is 1.54. The monoisotopic (exact) mass is 434 g/mol. The van der Waals surface area contributed by atoms with Crippen molar-refractivity contribution in [3.8, 4) is 11.5 Å². The van der Waals surface area contributed by atoms with Gasteiger partial charge < -0.3 is 19.4 Å². The number of aryl methyl sites for hydroxylation is 1.